The lowest BCUT2D eigenvalue weighted by molar-refractivity contribution is -0.125. The van der Waals surface area contributed by atoms with E-state index in [2.05, 4.69) is 4.90 Å². The molecule has 19 heavy (non-hydrogen) atoms. The van der Waals surface area contributed by atoms with E-state index in [-0.39, 0.29) is 5.91 Å². The maximum atomic E-state index is 11.5. The summed E-state index contributed by atoms with van der Waals surface area (Å²) in [5.74, 6) is 0.508. The third-order valence-corrected chi connectivity index (χ3v) is 3.66. The fraction of sp³-hybridized carbons (Fsp3) is 0.500. The number of nitrogens with zero attached hydrogens (tertiary/aromatic N) is 1. The van der Waals surface area contributed by atoms with Gasteiger partial charge >= 0.3 is 0 Å². The number of hydrogen-bond acceptors (Lipinski definition) is 4. The van der Waals surface area contributed by atoms with Crippen molar-refractivity contribution in [1.29, 1.82) is 0 Å². The highest BCUT2D eigenvalue weighted by Gasteiger charge is 2.39. The van der Waals surface area contributed by atoms with Gasteiger partial charge < -0.3 is 21.1 Å². The molecule has 1 fully saturated rings. The Balaban J connectivity index is 2.21. The molecule has 1 amide bonds. The SMILES string of the molecule is CCOc1cc(N)cc(N2CCC(C)(C(N)=O)C2)c1. The van der Waals surface area contributed by atoms with E-state index in [9.17, 15) is 4.79 Å². The summed E-state index contributed by atoms with van der Waals surface area (Å²) >= 11 is 0. The van der Waals surface area contributed by atoms with Gasteiger partial charge in [-0.15, -0.1) is 0 Å². The first-order chi connectivity index (χ1) is 8.94. The Morgan fingerprint density at radius 3 is 2.79 bits per heavy atom. The van der Waals surface area contributed by atoms with E-state index in [0.717, 1.165) is 24.4 Å². The lowest BCUT2D eigenvalue weighted by Gasteiger charge is -2.23. The Morgan fingerprint density at radius 1 is 1.47 bits per heavy atom. The third-order valence-electron chi connectivity index (χ3n) is 3.66. The molecule has 1 aliphatic rings. The molecular formula is C14H21N3O2. The molecule has 0 saturated carbocycles. The Hall–Kier alpha value is -1.91. The molecule has 5 heteroatoms. The first-order valence-corrected chi connectivity index (χ1v) is 6.53. The third kappa shape index (κ3) is 2.75. The summed E-state index contributed by atoms with van der Waals surface area (Å²) in [6.07, 6.45) is 0.765. The largest absolute Gasteiger partial charge is 0.494 e. The summed E-state index contributed by atoms with van der Waals surface area (Å²) in [4.78, 5) is 13.6. The van der Waals surface area contributed by atoms with Crippen molar-refractivity contribution >= 4 is 17.3 Å². The zero-order chi connectivity index (χ0) is 14.0. The first-order valence-electron chi connectivity index (χ1n) is 6.53. The van der Waals surface area contributed by atoms with E-state index >= 15 is 0 Å². The maximum absolute atomic E-state index is 11.5. The number of nitrogens with two attached hydrogens (primary N) is 2. The van der Waals surface area contributed by atoms with Gasteiger partial charge in [0, 0.05) is 36.6 Å². The number of hydrogen-bond donors (Lipinski definition) is 2. The molecule has 1 atom stereocenters. The highest BCUT2D eigenvalue weighted by atomic mass is 16.5. The second-order valence-corrected chi connectivity index (χ2v) is 5.29. The van der Waals surface area contributed by atoms with E-state index in [1.165, 1.54) is 0 Å². The molecule has 1 saturated heterocycles. The molecule has 0 radical (unpaired) electrons. The maximum Gasteiger partial charge on any atom is 0.225 e. The Morgan fingerprint density at radius 2 is 2.21 bits per heavy atom. The second kappa shape index (κ2) is 4.99. The van der Waals surface area contributed by atoms with E-state index in [4.69, 9.17) is 16.2 Å². The molecular weight excluding hydrogens is 242 g/mol. The van der Waals surface area contributed by atoms with Crippen LogP contribution >= 0.6 is 0 Å². The molecule has 104 valence electrons. The van der Waals surface area contributed by atoms with E-state index in [1.807, 2.05) is 26.0 Å². The molecule has 0 aliphatic carbocycles. The van der Waals surface area contributed by atoms with Gasteiger partial charge in [0.2, 0.25) is 5.91 Å². The van der Waals surface area contributed by atoms with Crippen LogP contribution < -0.4 is 21.1 Å². The zero-order valence-corrected chi connectivity index (χ0v) is 11.5. The quantitative estimate of drug-likeness (QED) is 0.804. The van der Waals surface area contributed by atoms with E-state index in [1.54, 1.807) is 6.07 Å². The number of carbonyl (C=O) groups is 1. The Kier molecular flexibility index (Phi) is 3.55. The zero-order valence-electron chi connectivity index (χ0n) is 11.5. The van der Waals surface area contributed by atoms with Crippen LogP contribution in [0.1, 0.15) is 20.3 Å². The second-order valence-electron chi connectivity index (χ2n) is 5.29. The minimum atomic E-state index is -0.462. The number of nitrogen functional groups attached to an aromatic ring is 1. The lowest BCUT2D eigenvalue weighted by atomic mass is 9.89. The summed E-state index contributed by atoms with van der Waals surface area (Å²) < 4.78 is 5.49. The van der Waals surface area contributed by atoms with Crippen molar-refractivity contribution in [3.63, 3.8) is 0 Å². The van der Waals surface area contributed by atoms with Crippen LogP contribution in [-0.2, 0) is 4.79 Å². The van der Waals surface area contributed by atoms with Crippen molar-refractivity contribution in [2.45, 2.75) is 20.3 Å². The smallest absolute Gasteiger partial charge is 0.225 e. The summed E-state index contributed by atoms with van der Waals surface area (Å²) in [6.45, 7) is 5.86. The van der Waals surface area contributed by atoms with Gasteiger partial charge in [0.1, 0.15) is 5.75 Å². The van der Waals surface area contributed by atoms with Gasteiger partial charge in [-0.1, -0.05) is 0 Å². The monoisotopic (exact) mass is 263 g/mol. The van der Waals surface area contributed by atoms with Crippen LogP contribution in [0.2, 0.25) is 0 Å². The van der Waals surface area contributed by atoms with Crippen LogP contribution in [0.4, 0.5) is 11.4 Å². The van der Waals surface area contributed by atoms with Gasteiger partial charge in [-0.3, -0.25) is 4.79 Å². The minimum Gasteiger partial charge on any atom is -0.494 e. The molecule has 1 aliphatic heterocycles. The van der Waals surface area contributed by atoms with Crippen molar-refractivity contribution in [2.24, 2.45) is 11.1 Å². The van der Waals surface area contributed by atoms with Crippen molar-refractivity contribution < 1.29 is 9.53 Å². The van der Waals surface area contributed by atoms with Crippen LogP contribution in [-0.4, -0.2) is 25.6 Å². The van der Waals surface area contributed by atoms with E-state index in [0.29, 0.717) is 18.8 Å². The average Bonchev–Trinajstić information content (AvgIpc) is 2.73. The minimum absolute atomic E-state index is 0.246. The van der Waals surface area contributed by atoms with Crippen LogP contribution in [0, 0.1) is 5.41 Å². The summed E-state index contributed by atoms with van der Waals surface area (Å²) in [7, 11) is 0. The highest BCUT2D eigenvalue weighted by molar-refractivity contribution is 5.82. The van der Waals surface area contributed by atoms with Gasteiger partial charge in [-0.2, -0.15) is 0 Å². The van der Waals surface area contributed by atoms with Crippen LogP contribution in [0.25, 0.3) is 0 Å². The fourth-order valence-corrected chi connectivity index (χ4v) is 2.42. The topological polar surface area (TPSA) is 81.6 Å². The summed E-state index contributed by atoms with van der Waals surface area (Å²) in [5.41, 5.74) is 12.5. The number of anilines is 2. The number of rotatable bonds is 4. The van der Waals surface area contributed by atoms with Gasteiger partial charge in [0.05, 0.1) is 12.0 Å². The molecule has 1 aromatic rings. The molecule has 1 unspecified atom stereocenters. The Labute approximate surface area is 113 Å². The van der Waals surface area contributed by atoms with Gasteiger partial charge in [-0.05, 0) is 26.3 Å². The number of amides is 1. The molecule has 0 bridgehead atoms. The number of benzene rings is 1. The van der Waals surface area contributed by atoms with Crippen molar-refractivity contribution in [3.05, 3.63) is 18.2 Å². The fourth-order valence-electron chi connectivity index (χ4n) is 2.42. The summed E-state index contributed by atoms with van der Waals surface area (Å²) in [6, 6.07) is 5.65. The van der Waals surface area contributed by atoms with Crippen molar-refractivity contribution in [1.82, 2.24) is 0 Å². The van der Waals surface area contributed by atoms with Crippen molar-refractivity contribution in [2.75, 3.05) is 30.3 Å². The van der Waals surface area contributed by atoms with Gasteiger partial charge in [0.15, 0.2) is 0 Å². The van der Waals surface area contributed by atoms with Crippen LogP contribution in [0.5, 0.6) is 5.75 Å². The van der Waals surface area contributed by atoms with Gasteiger partial charge in [-0.25, -0.2) is 0 Å². The Bertz CT molecular complexity index is 490. The van der Waals surface area contributed by atoms with Crippen molar-refractivity contribution in [3.8, 4) is 5.75 Å². The molecule has 4 N–H and O–H groups in total. The van der Waals surface area contributed by atoms with Gasteiger partial charge in [0.25, 0.3) is 0 Å². The number of ether oxygens (including phenoxy) is 1. The number of primary amides is 1. The predicted molar refractivity (Wildman–Crippen MR) is 76.2 cm³/mol. The first kappa shape index (κ1) is 13.5. The summed E-state index contributed by atoms with van der Waals surface area (Å²) in [5, 5.41) is 0. The van der Waals surface area contributed by atoms with Crippen LogP contribution in [0.15, 0.2) is 18.2 Å². The van der Waals surface area contributed by atoms with Crippen LogP contribution in [0.3, 0.4) is 0 Å². The predicted octanol–water partition coefficient (Wildman–Crippen LogP) is 1.37. The highest BCUT2D eigenvalue weighted by Crippen LogP contribution is 2.35. The molecule has 0 aromatic heterocycles. The average molecular weight is 263 g/mol. The molecule has 1 heterocycles. The normalized spacial score (nSPS) is 22.5. The van der Waals surface area contributed by atoms with E-state index < -0.39 is 5.41 Å². The molecule has 0 spiro atoms. The lowest BCUT2D eigenvalue weighted by Crippen LogP contribution is -2.37. The molecule has 2 rings (SSSR count). The standard InChI is InChI=1S/C14H21N3O2/c1-3-19-12-7-10(15)6-11(8-12)17-5-4-14(2,9-17)13(16)18/h6-8H,3-5,9,15H2,1-2H3,(H2,16,18). The molecule has 5 nitrogen and oxygen atoms in total. The molecule has 1 aromatic carbocycles. The number of carbonyl (C=O) groups excluding carboxylic acids is 1.